The second kappa shape index (κ2) is 5.61. The predicted molar refractivity (Wildman–Crippen MR) is 80.4 cm³/mol. The summed E-state index contributed by atoms with van der Waals surface area (Å²) in [6, 6.07) is 12.5. The quantitative estimate of drug-likeness (QED) is 0.784. The molecule has 0 amide bonds. The van der Waals surface area contributed by atoms with E-state index >= 15 is 0 Å². The van der Waals surface area contributed by atoms with Gasteiger partial charge >= 0.3 is 0 Å². The van der Waals surface area contributed by atoms with Crippen molar-refractivity contribution < 1.29 is 9.13 Å². The van der Waals surface area contributed by atoms with Crippen LogP contribution in [0.25, 0.3) is 10.1 Å². The van der Waals surface area contributed by atoms with Gasteiger partial charge in [0.15, 0.2) is 11.6 Å². The number of nitrogens with two attached hydrogens (primary N) is 1. The molecule has 3 aromatic rings. The minimum absolute atomic E-state index is 0.279. The summed E-state index contributed by atoms with van der Waals surface area (Å²) in [5.74, 6) is -0.0588. The Morgan fingerprint density at radius 3 is 2.70 bits per heavy atom. The molecule has 4 heteroatoms. The molecule has 0 aliphatic rings. The van der Waals surface area contributed by atoms with E-state index in [-0.39, 0.29) is 11.6 Å². The molecule has 0 atom stereocenters. The molecular weight excluding hydrogens is 273 g/mol. The number of benzene rings is 2. The van der Waals surface area contributed by atoms with E-state index < -0.39 is 0 Å². The van der Waals surface area contributed by atoms with Gasteiger partial charge in [0.1, 0.15) is 6.61 Å². The number of thiophene rings is 1. The molecule has 1 aromatic heterocycles. The monoisotopic (exact) mass is 287 g/mol. The Kier molecular flexibility index (Phi) is 3.67. The Labute approximate surface area is 120 Å². The van der Waals surface area contributed by atoms with E-state index in [4.69, 9.17) is 10.5 Å². The van der Waals surface area contributed by atoms with E-state index in [9.17, 15) is 4.39 Å². The maximum atomic E-state index is 13.5. The SMILES string of the molecule is NCc1cccc2c(COc3ccccc3F)csc12. The summed E-state index contributed by atoms with van der Waals surface area (Å²) in [5.41, 5.74) is 7.92. The first kappa shape index (κ1) is 13.1. The molecule has 2 N–H and O–H groups in total. The van der Waals surface area contributed by atoms with E-state index in [2.05, 4.69) is 0 Å². The Morgan fingerprint density at radius 2 is 1.90 bits per heavy atom. The lowest BCUT2D eigenvalue weighted by Crippen LogP contribution is -1.97. The molecule has 20 heavy (non-hydrogen) atoms. The minimum atomic E-state index is -0.338. The summed E-state index contributed by atoms with van der Waals surface area (Å²) in [6.07, 6.45) is 0. The van der Waals surface area contributed by atoms with Crippen LogP contribution in [0.3, 0.4) is 0 Å². The molecule has 3 rings (SSSR count). The van der Waals surface area contributed by atoms with Crippen LogP contribution in [0.5, 0.6) is 5.75 Å². The zero-order valence-corrected chi connectivity index (χ0v) is 11.6. The lowest BCUT2D eigenvalue weighted by molar-refractivity contribution is 0.292. The molecule has 2 aromatic carbocycles. The van der Waals surface area contributed by atoms with Crippen molar-refractivity contribution in [1.29, 1.82) is 0 Å². The second-order valence-electron chi connectivity index (χ2n) is 4.48. The van der Waals surface area contributed by atoms with Crippen molar-refractivity contribution in [3.63, 3.8) is 0 Å². The molecule has 0 radical (unpaired) electrons. The summed E-state index contributed by atoms with van der Waals surface area (Å²) >= 11 is 1.65. The van der Waals surface area contributed by atoms with Gasteiger partial charge in [0.25, 0.3) is 0 Å². The van der Waals surface area contributed by atoms with Gasteiger partial charge in [0, 0.05) is 16.8 Å². The molecule has 1 heterocycles. The van der Waals surface area contributed by atoms with E-state index in [0.717, 1.165) is 16.5 Å². The predicted octanol–water partition coefficient (Wildman–Crippen LogP) is 4.08. The van der Waals surface area contributed by atoms with Gasteiger partial charge in [-0.05, 0) is 28.5 Å². The Hall–Kier alpha value is -1.91. The van der Waals surface area contributed by atoms with Crippen LogP contribution in [0.4, 0.5) is 4.39 Å². The van der Waals surface area contributed by atoms with Gasteiger partial charge in [-0.15, -0.1) is 11.3 Å². The van der Waals surface area contributed by atoms with Crippen molar-refractivity contribution in [1.82, 2.24) is 0 Å². The van der Waals surface area contributed by atoms with Crippen LogP contribution in [0.15, 0.2) is 47.8 Å². The molecule has 0 bridgehead atoms. The van der Waals surface area contributed by atoms with E-state index in [1.807, 2.05) is 23.6 Å². The first-order chi connectivity index (χ1) is 9.79. The van der Waals surface area contributed by atoms with E-state index in [1.54, 1.807) is 29.5 Å². The van der Waals surface area contributed by atoms with Crippen molar-refractivity contribution in [2.24, 2.45) is 5.73 Å². The van der Waals surface area contributed by atoms with Crippen LogP contribution in [-0.4, -0.2) is 0 Å². The fraction of sp³-hybridized carbons (Fsp3) is 0.125. The highest BCUT2D eigenvalue weighted by Crippen LogP contribution is 2.30. The van der Waals surface area contributed by atoms with E-state index in [0.29, 0.717) is 13.2 Å². The highest BCUT2D eigenvalue weighted by molar-refractivity contribution is 7.17. The molecule has 0 fully saturated rings. The molecule has 0 unspecified atom stereocenters. The first-order valence-corrected chi connectivity index (χ1v) is 7.23. The smallest absolute Gasteiger partial charge is 0.165 e. The number of halogens is 1. The number of fused-ring (bicyclic) bond motifs is 1. The third kappa shape index (κ3) is 2.40. The zero-order chi connectivity index (χ0) is 13.9. The first-order valence-electron chi connectivity index (χ1n) is 6.35. The maximum absolute atomic E-state index is 13.5. The van der Waals surface area contributed by atoms with Crippen molar-refractivity contribution >= 4 is 21.4 Å². The second-order valence-corrected chi connectivity index (χ2v) is 5.36. The lowest BCUT2D eigenvalue weighted by atomic mass is 10.1. The standard InChI is InChI=1S/C16H14FNOS/c17-14-6-1-2-7-15(14)19-9-12-10-20-16-11(8-18)4-3-5-13(12)16/h1-7,10H,8-9,18H2. The molecule has 0 aliphatic heterocycles. The summed E-state index contributed by atoms with van der Waals surface area (Å²) in [5, 5.41) is 3.18. The number of para-hydroxylation sites is 1. The average Bonchev–Trinajstić information content (AvgIpc) is 2.89. The van der Waals surface area contributed by atoms with Crippen molar-refractivity contribution in [2.75, 3.05) is 0 Å². The van der Waals surface area contributed by atoms with Gasteiger partial charge in [-0.1, -0.05) is 30.3 Å². The Balaban J connectivity index is 1.87. The average molecular weight is 287 g/mol. The third-order valence-corrected chi connectivity index (χ3v) is 4.32. The largest absolute Gasteiger partial charge is 0.486 e. The zero-order valence-electron chi connectivity index (χ0n) is 10.8. The molecular formula is C16H14FNOS. The number of ether oxygens (including phenoxy) is 1. The van der Waals surface area contributed by atoms with E-state index in [1.165, 1.54) is 10.8 Å². The summed E-state index contributed by atoms with van der Waals surface area (Å²) in [6.45, 7) is 0.875. The fourth-order valence-corrected chi connectivity index (χ4v) is 3.24. The van der Waals surface area contributed by atoms with Crippen LogP contribution in [0, 0.1) is 5.82 Å². The van der Waals surface area contributed by atoms with Gasteiger partial charge in [0.2, 0.25) is 0 Å². The normalized spacial score (nSPS) is 10.9. The fourth-order valence-electron chi connectivity index (χ4n) is 2.16. The van der Waals surface area contributed by atoms with Gasteiger partial charge in [-0.3, -0.25) is 0 Å². The summed E-state index contributed by atoms with van der Waals surface area (Å²) < 4.78 is 20.3. The van der Waals surface area contributed by atoms with Crippen LogP contribution < -0.4 is 10.5 Å². The summed E-state index contributed by atoms with van der Waals surface area (Å²) in [7, 11) is 0. The van der Waals surface area contributed by atoms with Gasteiger partial charge < -0.3 is 10.5 Å². The van der Waals surface area contributed by atoms with Crippen molar-refractivity contribution in [2.45, 2.75) is 13.2 Å². The molecule has 0 spiro atoms. The third-order valence-electron chi connectivity index (χ3n) is 3.20. The van der Waals surface area contributed by atoms with Crippen molar-refractivity contribution in [3.05, 3.63) is 64.8 Å². The van der Waals surface area contributed by atoms with Gasteiger partial charge in [-0.2, -0.15) is 0 Å². The van der Waals surface area contributed by atoms with Gasteiger partial charge in [0.05, 0.1) is 0 Å². The number of hydrogen-bond acceptors (Lipinski definition) is 3. The Morgan fingerprint density at radius 1 is 1.05 bits per heavy atom. The van der Waals surface area contributed by atoms with Crippen molar-refractivity contribution in [3.8, 4) is 5.75 Å². The highest BCUT2D eigenvalue weighted by Gasteiger charge is 2.09. The molecule has 0 aliphatic carbocycles. The molecule has 102 valence electrons. The minimum Gasteiger partial charge on any atom is -0.486 e. The summed E-state index contributed by atoms with van der Waals surface area (Å²) in [4.78, 5) is 0. The molecule has 0 saturated carbocycles. The van der Waals surface area contributed by atoms with Crippen LogP contribution >= 0.6 is 11.3 Å². The highest BCUT2D eigenvalue weighted by atomic mass is 32.1. The van der Waals surface area contributed by atoms with Gasteiger partial charge in [-0.25, -0.2) is 4.39 Å². The van der Waals surface area contributed by atoms with Crippen LogP contribution in [-0.2, 0) is 13.2 Å². The number of hydrogen-bond donors (Lipinski definition) is 1. The topological polar surface area (TPSA) is 35.2 Å². The molecule has 0 saturated heterocycles. The van der Waals surface area contributed by atoms with Crippen LogP contribution in [0.1, 0.15) is 11.1 Å². The maximum Gasteiger partial charge on any atom is 0.165 e. The number of rotatable bonds is 4. The Bertz CT molecular complexity index is 738. The lowest BCUT2D eigenvalue weighted by Gasteiger charge is -2.06. The molecule has 2 nitrogen and oxygen atoms in total. The van der Waals surface area contributed by atoms with Crippen LogP contribution in [0.2, 0.25) is 0 Å².